The standard InChI is InChI=1S/C18H15BrN2O2/c19-14-7-5-12(6-8-14)11-21-16(22)18(20-17(21)23)10-9-13-3-1-2-4-15(13)18/h1-8H,9-11H2,(H,20,23)/t18-/m1/s1. The van der Waals surface area contributed by atoms with Crippen LogP contribution in [-0.2, 0) is 23.3 Å². The molecule has 2 aromatic rings. The molecule has 4 nitrogen and oxygen atoms in total. The van der Waals surface area contributed by atoms with E-state index < -0.39 is 5.54 Å². The largest absolute Gasteiger partial charge is 0.325 e. The minimum Gasteiger partial charge on any atom is -0.319 e. The Bertz CT molecular complexity index is 803. The van der Waals surface area contributed by atoms with E-state index in [1.54, 1.807) is 0 Å². The highest BCUT2D eigenvalue weighted by atomic mass is 79.9. The van der Waals surface area contributed by atoms with Crippen molar-refractivity contribution in [3.8, 4) is 0 Å². The molecular formula is C18H15BrN2O2. The van der Waals surface area contributed by atoms with Gasteiger partial charge in [0.2, 0.25) is 0 Å². The summed E-state index contributed by atoms with van der Waals surface area (Å²) in [5, 5.41) is 2.95. The van der Waals surface area contributed by atoms with Crippen molar-refractivity contribution in [1.29, 1.82) is 0 Å². The summed E-state index contributed by atoms with van der Waals surface area (Å²) in [4.78, 5) is 26.7. The van der Waals surface area contributed by atoms with Crippen LogP contribution in [0, 0.1) is 0 Å². The molecule has 5 heteroatoms. The summed E-state index contributed by atoms with van der Waals surface area (Å²) in [5.74, 6) is -0.143. The number of fused-ring (bicyclic) bond motifs is 2. The van der Waals surface area contributed by atoms with E-state index in [1.807, 2.05) is 48.5 Å². The van der Waals surface area contributed by atoms with E-state index in [9.17, 15) is 9.59 Å². The van der Waals surface area contributed by atoms with Crippen LogP contribution in [0.2, 0.25) is 0 Å². The number of hydrogen-bond acceptors (Lipinski definition) is 2. The van der Waals surface area contributed by atoms with Crippen molar-refractivity contribution in [2.45, 2.75) is 24.9 Å². The van der Waals surface area contributed by atoms with Crippen LogP contribution in [-0.4, -0.2) is 16.8 Å². The highest BCUT2D eigenvalue weighted by Gasteiger charge is 2.55. The SMILES string of the molecule is O=C1N[C@@]2(CCc3ccccc32)C(=O)N1Cc1ccc(Br)cc1. The smallest absolute Gasteiger partial charge is 0.319 e. The molecule has 0 aromatic heterocycles. The van der Waals surface area contributed by atoms with Crippen LogP contribution in [0.1, 0.15) is 23.1 Å². The van der Waals surface area contributed by atoms with Gasteiger partial charge in [-0.1, -0.05) is 52.3 Å². The Hall–Kier alpha value is -2.14. The fourth-order valence-corrected chi connectivity index (χ4v) is 3.77. The number of carbonyl (C=O) groups excluding carboxylic acids is 2. The number of urea groups is 1. The zero-order valence-corrected chi connectivity index (χ0v) is 14.0. The van der Waals surface area contributed by atoms with E-state index >= 15 is 0 Å². The van der Waals surface area contributed by atoms with Gasteiger partial charge in [0.05, 0.1) is 6.54 Å². The van der Waals surface area contributed by atoms with Crippen LogP contribution in [0.15, 0.2) is 53.0 Å². The summed E-state index contributed by atoms with van der Waals surface area (Å²) < 4.78 is 0.972. The van der Waals surface area contributed by atoms with E-state index in [1.165, 1.54) is 4.90 Å². The number of rotatable bonds is 2. The van der Waals surface area contributed by atoms with Crippen molar-refractivity contribution in [3.63, 3.8) is 0 Å². The molecule has 0 unspecified atom stereocenters. The Kier molecular flexibility index (Phi) is 3.27. The summed E-state index contributed by atoms with van der Waals surface area (Å²) in [6, 6.07) is 15.2. The molecule has 0 radical (unpaired) electrons. The Morgan fingerprint density at radius 3 is 2.61 bits per heavy atom. The molecule has 3 amide bonds. The summed E-state index contributed by atoms with van der Waals surface area (Å²) >= 11 is 3.39. The van der Waals surface area contributed by atoms with Crippen molar-refractivity contribution in [1.82, 2.24) is 10.2 Å². The summed E-state index contributed by atoms with van der Waals surface area (Å²) in [6.07, 6.45) is 1.45. The number of hydrogen-bond donors (Lipinski definition) is 1. The normalized spacial score (nSPS) is 22.6. The van der Waals surface area contributed by atoms with E-state index in [0.29, 0.717) is 13.0 Å². The van der Waals surface area contributed by atoms with Gasteiger partial charge in [-0.05, 0) is 41.7 Å². The third-order valence-electron chi connectivity index (χ3n) is 4.68. The topological polar surface area (TPSA) is 49.4 Å². The van der Waals surface area contributed by atoms with Gasteiger partial charge >= 0.3 is 6.03 Å². The van der Waals surface area contributed by atoms with Gasteiger partial charge in [0.1, 0.15) is 5.54 Å². The lowest BCUT2D eigenvalue weighted by atomic mass is 9.92. The van der Waals surface area contributed by atoms with Crippen molar-refractivity contribution in [3.05, 3.63) is 69.7 Å². The number of amides is 3. The molecule has 0 saturated carbocycles. The van der Waals surface area contributed by atoms with Gasteiger partial charge in [0.15, 0.2) is 0 Å². The lowest BCUT2D eigenvalue weighted by Crippen LogP contribution is -2.41. The van der Waals surface area contributed by atoms with Crippen LogP contribution >= 0.6 is 15.9 Å². The Labute approximate surface area is 142 Å². The van der Waals surface area contributed by atoms with Crippen molar-refractivity contribution in [2.75, 3.05) is 0 Å². The highest BCUT2D eigenvalue weighted by molar-refractivity contribution is 9.10. The Balaban J connectivity index is 1.66. The third kappa shape index (κ3) is 2.18. The molecule has 1 spiro atoms. The molecule has 1 fully saturated rings. The van der Waals surface area contributed by atoms with E-state index in [-0.39, 0.29) is 11.9 Å². The van der Waals surface area contributed by atoms with Gasteiger partial charge in [-0.3, -0.25) is 9.69 Å². The molecular weight excluding hydrogens is 356 g/mol. The zero-order valence-electron chi connectivity index (χ0n) is 12.4. The first-order valence-electron chi connectivity index (χ1n) is 7.57. The fourth-order valence-electron chi connectivity index (χ4n) is 3.51. The Morgan fingerprint density at radius 2 is 1.83 bits per heavy atom. The summed E-state index contributed by atoms with van der Waals surface area (Å²) in [6.45, 7) is 0.294. The van der Waals surface area contributed by atoms with E-state index in [0.717, 1.165) is 27.6 Å². The van der Waals surface area contributed by atoms with Gasteiger partial charge in [0.25, 0.3) is 5.91 Å². The number of imide groups is 1. The second kappa shape index (κ2) is 5.20. The lowest BCUT2D eigenvalue weighted by molar-refractivity contribution is -0.132. The molecule has 1 aliphatic heterocycles. The van der Waals surface area contributed by atoms with Gasteiger partial charge in [-0.15, -0.1) is 0 Å². The van der Waals surface area contributed by atoms with Gasteiger partial charge in [-0.25, -0.2) is 4.79 Å². The average Bonchev–Trinajstić information content (AvgIpc) is 3.04. The first-order valence-corrected chi connectivity index (χ1v) is 8.36. The maximum Gasteiger partial charge on any atom is 0.325 e. The Morgan fingerprint density at radius 1 is 1.09 bits per heavy atom. The maximum absolute atomic E-state index is 13.0. The molecule has 2 aliphatic rings. The monoisotopic (exact) mass is 370 g/mol. The minimum absolute atomic E-state index is 0.143. The first-order chi connectivity index (χ1) is 11.1. The molecule has 23 heavy (non-hydrogen) atoms. The molecule has 0 bridgehead atoms. The summed E-state index contributed by atoms with van der Waals surface area (Å²) in [5.41, 5.74) is 2.14. The molecule has 1 saturated heterocycles. The predicted octanol–water partition coefficient (Wildman–Crippen LogP) is 3.34. The fraction of sp³-hybridized carbons (Fsp3) is 0.222. The van der Waals surface area contributed by atoms with Crippen molar-refractivity contribution < 1.29 is 9.59 Å². The molecule has 2 aromatic carbocycles. The zero-order chi connectivity index (χ0) is 16.0. The number of halogens is 1. The second-order valence-electron chi connectivity index (χ2n) is 6.01. The van der Waals surface area contributed by atoms with Crippen molar-refractivity contribution >= 4 is 27.9 Å². The second-order valence-corrected chi connectivity index (χ2v) is 6.93. The van der Waals surface area contributed by atoms with Crippen LogP contribution in [0.25, 0.3) is 0 Å². The van der Waals surface area contributed by atoms with Crippen LogP contribution < -0.4 is 5.32 Å². The average molecular weight is 371 g/mol. The highest BCUT2D eigenvalue weighted by Crippen LogP contribution is 2.41. The third-order valence-corrected chi connectivity index (χ3v) is 5.20. The lowest BCUT2D eigenvalue weighted by Gasteiger charge is -2.22. The molecule has 1 heterocycles. The molecule has 1 atom stereocenters. The predicted molar refractivity (Wildman–Crippen MR) is 89.7 cm³/mol. The number of nitrogens with zero attached hydrogens (tertiary/aromatic N) is 1. The number of aryl methyl sites for hydroxylation is 1. The van der Waals surface area contributed by atoms with Crippen molar-refractivity contribution in [2.24, 2.45) is 0 Å². The van der Waals surface area contributed by atoms with Crippen LogP contribution in [0.3, 0.4) is 0 Å². The number of carbonyl (C=O) groups is 2. The van der Waals surface area contributed by atoms with Gasteiger partial charge < -0.3 is 5.32 Å². The number of nitrogens with one attached hydrogen (secondary N) is 1. The minimum atomic E-state index is -0.872. The van der Waals surface area contributed by atoms with Crippen LogP contribution in [0.5, 0.6) is 0 Å². The first kappa shape index (κ1) is 14.5. The maximum atomic E-state index is 13.0. The number of benzene rings is 2. The molecule has 4 rings (SSSR count). The summed E-state index contributed by atoms with van der Waals surface area (Å²) in [7, 11) is 0. The van der Waals surface area contributed by atoms with E-state index in [2.05, 4.69) is 21.2 Å². The van der Waals surface area contributed by atoms with Crippen LogP contribution in [0.4, 0.5) is 4.79 Å². The molecule has 116 valence electrons. The molecule has 1 aliphatic carbocycles. The van der Waals surface area contributed by atoms with Gasteiger partial charge in [-0.2, -0.15) is 0 Å². The quantitative estimate of drug-likeness (QED) is 0.824. The molecule has 1 N–H and O–H groups in total. The van der Waals surface area contributed by atoms with E-state index in [4.69, 9.17) is 0 Å². The van der Waals surface area contributed by atoms with Gasteiger partial charge in [0, 0.05) is 4.47 Å².